The minimum absolute atomic E-state index is 0.532. The highest BCUT2D eigenvalue weighted by molar-refractivity contribution is 9.10. The molecule has 1 N–H and O–H groups in total. The summed E-state index contributed by atoms with van der Waals surface area (Å²) in [5, 5.41) is 15.0. The lowest BCUT2D eigenvalue weighted by Crippen LogP contribution is -2.09. The Kier molecular flexibility index (Phi) is 5.41. The molecule has 0 amide bonds. The van der Waals surface area contributed by atoms with Crippen LogP contribution in [0, 0.1) is 0 Å². The Bertz CT molecular complexity index is 596. The second-order valence-electron chi connectivity index (χ2n) is 4.65. The molecular formula is C15H18Br2N2O. The van der Waals surface area contributed by atoms with Gasteiger partial charge in [0.1, 0.15) is 0 Å². The van der Waals surface area contributed by atoms with Crippen molar-refractivity contribution in [3.63, 3.8) is 0 Å². The molecule has 5 heteroatoms. The smallest absolute Gasteiger partial charge is 0.0846 e. The van der Waals surface area contributed by atoms with Crippen molar-refractivity contribution < 1.29 is 5.11 Å². The van der Waals surface area contributed by atoms with E-state index in [2.05, 4.69) is 50.8 Å². The van der Waals surface area contributed by atoms with E-state index < -0.39 is 6.10 Å². The highest BCUT2D eigenvalue weighted by Gasteiger charge is 2.18. The van der Waals surface area contributed by atoms with Gasteiger partial charge in [0.05, 0.1) is 22.0 Å². The summed E-state index contributed by atoms with van der Waals surface area (Å²) in [6, 6.07) is 7.78. The molecule has 1 aromatic heterocycles. The van der Waals surface area contributed by atoms with E-state index in [0.717, 1.165) is 38.9 Å². The summed E-state index contributed by atoms with van der Waals surface area (Å²) in [7, 11) is 0. The highest BCUT2D eigenvalue weighted by Crippen LogP contribution is 2.28. The van der Waals surface area contributed by atoms with Gasteiger partial charge >= 0.3 is 0 Å². The predicted molar refractivity (Wildman–Crippen MR) is 87.8 cm³/mol. The summed E-state index contributed by atoms with van der Waals surface area (Å²) in [4.78, 5) is 0. The number of aliphatic hydroxyl groups is 1. The van der Waals surface area contributed by atoms with Crippen LogP contribution in [0.15, 0.2) is 33.2 Å². The summed E-state index contributed by atoms with van der Waals surface area (Å²) in [6.07, 6.45) is 0.904. The summed E-state index contributed by atoms with van der Waals surface area (Å²) < 4.78 is 3.96. The Morgan fingerprint density at radius 1 is 1.30 bits per heavy atom. The second kappa shape index (κ2) is 6.87. The van der Waals surface area contributed by atoms with Crippen LogP contribution in [-0.4, -0.2) is 14.9 Å². The van der Waals surface area contributed by atoms with Crippen LogP contribution in [0.4, 0.5) is 0 Å². The molecule has 1 unspecified atom stereocenters. The van der Waals surface area contributed by atoms with Crippen molar-refractivity contribution in [3.05, 3.63) is 50.2 Å². The third kappa shape index (κ3) is 3.32. The van der Waals surface area contributed by atoms with Gasteiger partial charge in [-0.05, 0) is 47.0 Å². The van der Waals surface area contributed by atoms with Crippen molar-refractivity contribution in [1.82, 2.24) is 9.78 Å². The van der Waals surface area contributed by atoms with Crippen LogP contribution in [-0.2, 0) is 19.4 Å². The van der Waals surface area contributed by atoms with Crippen LogP contribution in [0.2, 0.25) is 0 Å². The summed E-state index contributed by atoms with van der Waals surface area (Å²) in [5.41, 5.74) is 3.01. The lowest BCUT2D eigenvalue weighted by molar-refractivity contribution is 0.175. The molecular weight excluding hydrogens is 384 g/mol. The lowest BCUT2D eigenvalue weighted by atomic mass is 10.0. The van der Waals surface area contributed by atoms with E-state index in [1.807, 2.05) is 28.9 Å². The first-order chi connectivity index (χ1) is 9.56. The molecule has 3 nitrogen and oxygen atoms in total. The van der Waals surface area contributed by atoms with E-state index in [1.165, 1.54) is 0 Å². The van der Waals surface area contributed by atoms with Gasteiger partial charge in [-0.25, -0.2) is 0 Å². The Balaban J connectivity index is 2.27. The molecule has 0 aliphatic carbocycles. The SMILES string of the molecule is CCc1nn(CC)c(CC(O)c2cccc(Br)c2)c1Br. The normalized spacial score (nSPS) is 12.7. The van der Waals surface area contributed by atoms with Gasteiger partial charge in [0.15, 0.2) is 0 Å². The minimum Gasteiger partial charge on any atom is -0.388 e. The molecule has 2 aromatic rings. The zero-order valence-electron chi connectivity index (χ0n) is 11.6. The topological polar surface area (TPSA) is 38.0 Å². The van der Waals surface area contributed by atoms with Gasteiger partial charge in [-0.15, -0.1) is 0 Å². The van der Waals surface area contributed by atoms with Crippen molar-refractivity contribution in [3.8, 4) is 0 Å². The van der Waals surface area contributed by atoms with Crippen molar-refractivity contribution in [2.24, 2.45) is 0 Å². The first-order valence-electron chi connectivity index (χ1n) is 6.74. The average molecular weight is 402 g/mol. The van der Waals surface area contributed by atoms with E-state index in [4.69, 9.17) is 0 Å². The quantitative estimate of drug-likeness (QED) is 0.812. The van der Waals surface area contributed by atoms with E-state index in [-0.39, 0.29) is 0 Å². The molecule has 2 rings (SSSR count). The molecule has 0 aliphatic heterocycles. The predicted octanol–water partition coefficient (Wildman–Crippen LogP) is 4.27. The Morgan fingerprint density at radius 2 is 2.05 bits per heavy atom. The van der Waals surface area contributed by atoms with Crippen molar-refractivity contribution >= 4 is 31.9 Å². The van der Waals surface area contributed by atoms with Crippen LogP contribution >= 0.6 is 31.9 Å². The maximum Gasteiger partial charge on any atom is 0.0846 e. The molecule has 0 saturated carbocycles. The molecule has 0 saturated heterocycles. The molecule has 0 spiro atoms. The number of rotatable bonds is 5. The first kappa shape index (κ1) is 15.7. The van der Waals surface area contributed by atoms with E-state index in [1.54, 1.807) is 0 Å². The van der Waals surface area contributed by atoms with Crippen molar-refractivity contribution in [2.75, 3.05) is 0 Å². The summed E-state index contributed by atoms with van der Waals surface area (Å²) in [5.74, 6) is 0. The molecule has 108 valence electrons. The molecule has 0 aliphatic rings. The van der Waals surface area contributed by atoms with Gasteiger partial charge in [0, 0.05) is 17.4 Å². The maximum absolute atomic E-state index is 10.4. The van der Waals surface area contributed by atoms with Gasteiger partial charge in [0.2, 0.25) is 0 Å². The fourth-order valence-corrected chi connectivity index (χ4v) is 3.37. The number of hydrogen-bond acceptors (Lipinski definition) is 2. The Hall–Kier alpha value is -0.650. The molecule has 1 aromatic carbocycles. The van der Waals surface area contributed by atoms with Crippen molar-refractivity contribution in [1.29, 1.82) is 0 Å². The van der Waals surface area contributed by atoms with Gasteiger partial charge < -0.3 is 5.11 Å². The summed E-state index contributed by atoms with van der Waals surface area (Å²) >= 11 is 7.05. The maximum atomic E-state index is 10.4. The minimum atomic E-state index is -0.532. The van der Waals surface area contributed by atoms with E-state index in [0.29, 0.717) is 6.42 Å². The first-order valence-corrected chi connectivity index (χ1v) is 8.33. The standard InChI is InChI=1S/C15H18Br2N2O/c1-3-12-15(17)13(19(4-2)18-12)9-14(20)10-6-5-7-11(16)8-10/h5-8,14,20H,3-4,9H2,1-2H3. The van der Waals surface area contributed by atoms with Crippen LogP contribution in [0.1, 0.15) is 36.9 Å². The average Bonchev–Trinajstić information content (AvgIpc) is 2.75. The molecule has 0 radical (unpaired) electrons. The van der Waals surface area contributed by atoms with Gasteiger partial charge in [0.25, 0.3) is 0 Å². The van der Waals surface area contributed by atoms with Gasteiger partial charge in [-0.2, -0.15) is 5.10 Å². The second-order valence-corrected chi connectivity index (χ2v) is 6.36. The van der Waals surface area contributed by atoms with E-state index >= 15 is 0 Å². The fourth-order valence-electron chi connectivity index (χ4n) is 2.23. The largest absolute Gasteiger partial charge is 0.388 e. The van der Waals surface area contributed by atoms with E-state index in [9.17, 15) is 5.11 Å². The molecule has 20 heavy (non-hydrogen) atoms. The lowest BCUT2D eigenvalue weighted by Gasteiger charge is -2.13. The number of aryl methyl sites for hydroxylation is 2. The molecule has 1 atom stereocenters. The van der Waals surface area contributed by atoms with Crippen molar-refractivity contribution in [2.45, 2.75) is 39.3 Å². The highest BCUT2D eigenvalue weighted by atomic mass is 79.9. The number of benzene rings is 1. The summed E-state index contributed by atoms with van der Waals surface area (Å²) in [6.45, 7) is 4.95. The van der Waals surface area contributed by atoms with Gasteiger partial charge in [-0.1, -0.05) is 35.0 Å². The third-order valence-corrected chi connectivity index (χ3v) is 4.72. The number of aromatic nitrogens is 2. The Morgan fingerprint density at radius 3 is 2.65 bits per heavy atom. The molecule has 0 bridgehead atoms. The zero-order valence-corrected chi connectivity index (χ0v) is 14.8. The number of nitrogens with zero attached hydrogens (tertiary/aromatic N) is 2. The van der Waals surface area contributed by atoms with Gasteiger partial charge in [-0.3, -0.25) is 4.68 Å². The zero-order chi connectivity index (χ0) is 14.7. The number of halogens is 2. The molecule has 0 fully saturated rings. The van der Waals surface area contributed by atoms with Crippen LogP contribution in [0.5, 0.6) is 0 Å². The van der Waals surface area contributed by atoms with Crippen LogP contribution in [0.25, 0.3) is 0 Å². The molecule has 1 heterocycles. The fraction of sp³-hybridized carbons (Fsp3) is 0.400. The monoisotopic (exact) mass is 400 g/mol. The number of aliphatic hydroxyl groups excluding tert-OH is 1. The van der Waals surface area contributed by atoms with Crippen LogP contribution in [0.3, 0.4) is 0 Å². The number of hydrogen-bond donors (Lipinski definition) is 1. The Labute approximate surface area is 136 Å². The third-order valence-electron chi connectivity index (χ3n) is 3.31. The van der Waals surface area contributed by atoms with Crippen LogP contribution < -0.4 is 0 Å².